The highest BCUT2D eigenvalue weighted by molar-refractivity contribution is 7.12. The number of benzene rings is 1. The van der Waals surface area contributed by atoms with Crippen LogP contribution in [0.3, 0.4) is 0 Å². The number of anilines is 1. The van der Waals surface area contributed by atoms with Crippen molar-refractivity contribution in [3.05, 3.63) is 76.7 Å². The summed E-state index contributed by atoms with van der Waals surface area (Å²) < 4.78 is 1.97. The number of rotatable bonds is 3. The molecule has 0 fully saturated rings. The number of aryl methyl sites for hydroxylation is 1. The fourth-order valence-corrected chi connectivity index (χ4v) is 3.41. The van der Waals surface area contributed by atoms with Gasteiger partial charge in [-0.1, -0.05) is 24.3 Å². The number of nitrogens with zero attached hydrogens (tertiary/aromatic N) is 2. The lowest BCUT2D eigenvalue weighted by Gasteiger charge is -2.08. The number of hydrogen-bond donors (Lipinski definition) is 1. The molecule has 5 heteroatoms. The molecule has 4 aromatic rings. The molecule has 3 aromatic heterocycles. The van der Waals surface area contributed by atoms with Crippen molar-refractivity contribution in [3.63, 3.8) is 0 Å². The molecular formula is C19H15N3OS. The Morgan fingerprint density at radius 1 is 1.17 bits per heavy atom. The standard InChI is InChI=1S/C19H15N3OS/c1-13-10-17(24-12-13)19(23)21-15-7-3-2-6-14(15)16-11-22-9-5-4-8-18(22)20-16/h2-12H,1H3,(H,21,23). The fourth-order valence-electron chi connectivity index (χ4n) is 2.61. The highest BCUT2D eigenvalue weighted by Crippen LogP contribution is 2.28. The molecule has 0 aliphatic heterocycles. The van der Waals surface area contributed by atoms with Crippen molar-refractivity contribution in [2.24, 2.45) is 0 Å². The lowest BCUT2D eigenvalue weighted by atomic mass is 10.1. The van der Waals surface area contributed by atoms with Crippen molar-refractivity contribution in [3.8, 4) is 11.3 Å². The minimum absolute atomic E-state index is 0.0932. The van der Waals surface area contributed by atoms with E-state index < -0.39 is 0 Å². The number of fused-ring (bicyclic) bond motifs is 1. The predicted molar refractivity (Wildman–Crippen MR) is 97.6 cm³/mol. The Labute approximate surface area is 143 Å². The first-order valence-corrected chi connectivity index (χ1v) is 8.48. The van der Waals surface area contributed by atoms with Gasteiger partial charge >= 0.3 is 0 Å². The molecule has 1 N–H and O–H groups in total. The van der Waals surface area contributed by atoms with Crippen molar-refractivity contribution < 1.29 is 4.79 Å². The van der Waals surface area contributed by atoms with Crippen LogP contribution in [0.25, 0.3) is 16.9 Å². The van der Waals surface area contributed by atoms with Crippen LogP contribution in [0.15, 0.2) is 66.3 Å². The van der Waals surface area contributed by atoms with Crippen LogP contribution in [0.2, 0.25) is 0 Å². The Balaban J connectivity index is 1.71. The molecule has 3 heterocycles. The van der Waals surface area contributed by atoms with Crippen LogP contribution in [0.1, 0.15) is 15.2 Å². The number of nitrogens with one attached hydrogen (secondary N) is 1. The van der Waals surface area contributed by atoms with E-state index in [0.29, 0.717) is 4.88 Å². The SMILES string of the molecule is Cc1csc(C(=O)Nc2ccccc2-c2cn3ccccc3n2)c1. The van der Waals surface area contributed by atoms with E-state index in [2.05, 4.69) is 10.3 Å². The number of hydrogen-bond acceptors (Lipinski definition) is 3. The number of amides is 1. The highest BCUT2D eigenvalue weighted by atomic mass is 32.1. The van der Waals surface area contributed by atoms with E-state index in [1.165, 1.54) is 11.3 Å². The second-order valence-corrected chi connectivity index (χ2v) is 6.49. The summed E-state index contributed by atoms with van der Waals surface area (Å²) in [4.78, 5) is 17.8. The fraction of sp³-hybridized carbons (Fsp3) is 0.0526. The Hall–Kier alpha value is -2.92. The molecule has 0 atom stereocenters. The minimum Gasteiger partial charge on any atom is -0.321 e. The summed E-state index contributed by atoms with van der Waals surface area (Å²) in [7, 11) is 0. The van der Waals surface area contributed by atoms with Gasteiger partial charge in [0, 0.05) is 18.0 Å². The molecule has 0 aliphatic carbocycles. The molecular weight excluding hydrogens is 318 g/mol. The predicted octanol–water partition coefficient (Wildman–Crippen LogP) is 4.62. The van der Waals surface area contributed by atoms with Gasteiger partial charge in [-0.25, -0.2) is 4.98 Å². The Morgan fingerprint density at radius 3 is 2.79 bits per heavy atom. The maximum atomic E-state index is 12.5. The van der Waals surface area contributed by atoms with Crippen molar-refractivity contribution in [1.82, 2.24) is 9.38 Å². The molecule has 0 radical (unpaired) electrons. The number of aromatic nitrogens is 2. The summed E-state index contributed by atoms with van der Waals surface area (Å²) in [6, 6.07) is 15.5. The van der Waals surface area contributed by atoms with Gasteiger partial charge in [0.2, 0.25) is 0 Å². The number of carbonyl (C=O) groups excluding carboxylic acids is 1. The van der Waals surface area contributed by atoms with Gasteiger partial charge in [-0.15, -0.1) is 11.3 Å². The number of thiophene rings is 1. The monoisotopic (exact) mass is 333 g/mol. The first-order valence-electron chi connectivity index (χ1n) is 7.60. The quantitative estimate of drug-likeness (QED) is 0.594. The molecule has 118 valence electrons. The smallest absolute Gasteiger partial charge is 0.265 e. The summed E-state index contributed by atoms with van der Waals surface area (Å²) in [6.45, 7) is 1.98. The summed E-state index contributed by atoms with van der Waals surface area (Å²) >= 11 is 1.45. The van der Waals surface area contributed by atoms with Gasteiger partial charge in [-0.2, -0.15) is 0 Å². The van der Waals surface area contributed by atoms with E-state index in [1.807, 2.05) is 77.6 Å². The van der Waals surface area contributed by atoms with Crippen molar-refractivity contribution in [2.45, 2.75) is 6.92 Å². The summed E-state index contributed by atoms with van der Waals surface area (Å²) in [5, 5.41) is 4.98. The van der Waals surface area contributed by atoms with Crippen molar-refractivity contribution in [2.75, 3.05) is 5.32 Å². The molecule has 0 saturated carbocycles. The molecule has 0 aliphatic rings. The summed E-state index contributed by atoms with van der Waals surface area (Å²) in [5.74, 6) is -0.0932. The van der Waals surface area contributed by atoms with Crippen LogP contribution in [0.4, 0.5) is 5.69 Å². The topological polar surface area (TPSA) is 46.4 Å². The lowest BCUT2D eigenvalue weighted by molar-refractivity contribution is 0.103. The third kappa shape index (κ3) is 2.70. The van der Waals surface area contributed by atoms with Crippen LogP contribution in [0.5, 0.6) is 0 Å². The first-order chi connectivity index (χ1) is 11.7. The van der Waals surface area contributed by atoms with Gasteiger partial charge in [0.15, 0.2) is 0 Å². The maximum Gasteiger partial charge on any atom is 0.265 e. The van der Waals surface area contributed by atoms with Gasteiger partial charge in [0.1, 0.15) is 5.65 Å². The third-order valence-electron chi connectivity index (χ3n) is 3.77. The van der Waals surface area contributed by atoms with Crippen LogP contribution < -0.4 is 5.32 Å². The molecule has 4 rings (SSSR count). The molecule has 4 nitrogen and oxygen atoms in total. The zero-order chi connectivity index (χ0) is 16.5. The number of imidazole rings is 1. The molecule has 0 unspecified atom stereocenters. The third-order valence-corrected chi connectivity index (χ3v) is 4.82. The van der Waals surface area contributed by atoms with Crippen LogP contribution in [-0.2, 0) is 0 Å². The van der Waals surface area contributed by atoms with Crippen LogP contribution in [-0.4, -0.2) is 15.3 Å². The minimum atomic E-state index is -0.0932. The lowest BCUT2D eigenvalue weighted by Crippen LogP contribution is -2.11. The van der Waals surface area contributed by atoms with E-state index in [4.69, 9.17) is 0 Å². The molecule has 0 saturated heterocycles. The molecule has 1 aromatic carbocycles. The molecule has 0 bridgehead atoms. The van der Waals surface area contributed by atoms with Gasteiger partial charge in [0.05, 0.1) is 16.3 Å². The number of carbonyl (C=O) groups is 1. The van der Waals surface area contributed by atoms with E-state index in [0.717, 1.165) is 28.2 Å². The van der Waals surface area contributed by atoms with Gasteiger partial charge < -0.3 is 9.72 Å². The number of para-hydroxylation sites is 1. The second kappa shape index (κ2) is 5.94. The van der Waals surface area contributed by atoms with Gasteiger partial charge in [-0.3, -0.25) is 4.79 Å². The molecule has 1 amide bonds. The van der Waals surface area contributed by atoms with E-state index in [9.17, 15) is 4.79 Å². The molecule has 0 spiro atoms. The average molecular weight is 333 g/mol. The Kier molecular flexibility index (Phi) is 3.63. The summed E-state index contributed by atoms with van der Waals surface area (Å²) in [5.41, 5.74) is 4.47. The van der Waals surface area contributed by atoms with Crippen LogP contribution in [0, 0.1) is 6.92 Å². The summed E-state index contributed by atoms with van der Waals surface area (Å²) in [6.07, 6.45) is 3.93. The Morgan fingerprint density at radius 2 is 2.00 bits per heavy atom. The largest absolute Gasteiger partial charge is 0.321 e. The van der Waals surface area contributed by atoms with Crippen LogP contribution >= 0.6 is 11.3 Å². The van der Waals surface area contributed by atoms with Gasteiger partial charge in [0.25, 0.3) is 5.91 Å². The first kappa shape index (κ1) is 14.7. The normalized spacial score (nSPS) is 10.9. The number of pyridine rings is 1. The average Bonchev–Trinajstić information content (AvgIpc) is 3.21. The zero-order valence-corrected chi connectivity index (χ0v) is 13.9. The molecule has 24 heavy (non-hydrogen) atoms. The van der Waals surface area contributed by atoms with E-state index in [-0.39, 0.29) is 5.91 Å². The maximum absolute atomic E-state index is 12.5. The zero-order valence-electron chi connectivity index (χ0n) is 13.1. The Bertz CT molecular complexity index is 999. The van der Waals surface area contributed by atoms with Crippen molar-refractivity contribution >= 4 is 28.6 Å². The van der Waals surface area contributed by atoms with E-state index in [1.54, 1.807) is 0 Å². The van der Waals surface area contributed by atoms with E-state index >= 15 is 0 Å². The second-order valence-electron chi connectivity index (χ2n) is 5.58. The highest BCUT2D eigenvalue weighted by Gasteiger charge is 2.13. The van der Waals surface area contributed by atoms with Crippen molar-refractivity contribution in [1.29, 1.82) is 0 Å². The van der Waals surface area contributed by atoms with Gasteiger partial charge in [-0.05, 0) is 42.1 Å².